The summed E-state index contributed by atoms with van der Waals surface area (Å²) in [4.78, 5) is 22.1. The second kappa shape index (κ2) is 6.76. The normalized spacial score (nSPS) is 25.1. The summed E-state index contributed by atoms with van der Waals surface area (Å²) in [5.74, 6) is -0.181. The molecule has 1 aromatic heterocycles. The molecule has 0 unspecified atom stereocenters. The average molecular weight is 278 g/mol. The molecule has 1 aromatic rings. The standard InChI is InChI=1S/C14H22N4O2/c1-10(18-8-11(2)20-12(3)9-18)6-17-14(19)13-7-15-4-5-16-13/h4-5,7,10-12H,6,8-9H2,1-3H3,(H,17,19)/t10-,11-,12+/m1/s1. The van der Waals surface area contributed by atoms with Gasteiger partial charge in [-0.3, -0.25) is 14.7 Å². The smallest absolute Gasteiger partial charge is 0.271 e. The molecule has 2 rings (SSSR count). The van der Waals surface area contributed by atoms with Crippen molar-refractivity contribution in [2.45, 2.75) is 39.0 Å². The van der Waals surface area contributed by atoms with E-state index in [9.17, 15) is 4.79 Å². The number of carbonyl (C=O) groups is 1. The third kappa shape index (κ3) is 3.98. The molecule has 0 aliphatic carbocycles. The Morgan fingerprint density at radius 3 is 2.75 bits per heavy atom. The third-order valence-corrected chi connectivity index (χ3v) is 3.43. The summed E-state index contributed by atoms with van der Waals surface area (Å²) < 4.78 is 5.71. The Morgan fingerprint density at radius 1 is 1.45 bits per heavy atom. The van der Waals surface area contributed by atoms with Gasteiger partial charge in [0.2, 0.25) is 0 Å². The van der Waals surface area contributed by atoms with Crippen LogP contribution >= 0.6 is 0 Å². The van der Waals surface area contributed by atoms with Crippen LogP contribution in [0.15, 0.2) is 18.6 Å². The van der Waals surface area contributed by atoms with Crippen molar-refractivity contribution >= 4 is 5.91 Å². The summed E-state index contributed by atoms with van der Waals surface area (Å²) in [6.07, 6.45) is 5.01. The summed E-state index contributed by atoms with van der Waals surface area (Å²) in [6, 6.07) is 0.268. The van der Waals surface area contributed by atoms with Crippen molar-refractivity contribution in [3.63, 3.8) is 0 Å². The van der Waals surface area contributed by atoms with E-state index in [1.807, 2.05) is 0 Å². The molecule has 1 aliphatic heterocycles. The number of amides is 1. The number of hydrogen-bond acceptors (Lipinski definition) is 5. The van der Waals surface area contributed by atoms with Gasteiger partial charge in [-0.05, 0) is 20.8 Å². The molecule has 110 valence electrons. The van der Waals surface area contributed by atoms with Crippen molar-refractivity contribution in [1.29, 1.82) is 0 Å². The highest BCUT2D eigenvalue weighted by Crippen LogP contribution is 2.13. The van der Waals surface area contributed by atoms with Crippen LogP contribution in [-0.4, -0.2) is 58.7 Å². The van der Waals surface area contributed by atoms with Crippen molar-refractivity contribution < 1.29 is 9.53 Å². The van der Waals surface area contributed by atoms with Gasteiger partial charge in [0.05, 0.1) is 18.4 Å². The molecule has 0 radical (unpaired) electrons. The maximum Gasteiger partial charge on any atom is 0.271 e. The largest absolute Gasteiger partial charge is 0.373 e. The van der Waals surface area contributed by atoms with Crippen LogP contribution in [0.25, 0.3) is 0 Å². The average Bonchev–Trinajstić information content (AvgIpc) is 2.44. The molecule has 20 heavy (non-hydrogen) atoms. The van der Waals surface area contributed by atoms with Crippen LogP contribution in [0.3, 0.4) is 0 Å². The van der Waals surface area contributed by atoms with E-state index < -0.39 is 0 Å². The molecular weight excluding hydrogens is 256 g/mol. The molecule has 1 saturated heterocycles. The number of morpholine rings is 1. The minimum atomic E-state index is -0.181. The maximum absolute atomic E-state index is 11.9. The predicted octanol–water partition coefficient (Wildman–Crippen LogP) is 0.704. The molecule has 0 aromatic carbocycles. The van der Waals surface area contributed by atoms with E-state index in [-0.39, 0.29) is 24.2 Å². The lowest BCUT2D eigenvalue weighted by atomic mass is 10.1. The van der Waals surface area contributed by atoms with Gasteiger partial charge in [-0.25, -0.2) is 4.98 Å². The minimum Gasteiger partial charge on any atom is -0.373 e. The van der Waals surface area contributed by atoms with E-state index in [0.29, 0.717) is 12.2 Å². The Hall–Kier alpha value is -1.53. The molecular formula is C14H22N4O2. The second-order valence-corrected chi connectivity index (χ2v) is 5.36. The number of rotatable bonds is 4. The van der Waals surface area contributed by atoms with Gasteiger partial charge in [0.25, 0.3) is 5.91 Å². The number of hydrogen-bond donors (Lipinski definition) is 1. The fourth-order valence-corrected chi connectivity index (χ4v) is 2.45. The first-order chi connectivity index (χ1) is 9.56. The zero-order valence-electron chi connectivity index (χ0n) is 12.2. The van der Waals surface area contributed by atoms with Crippen LogP contribution < -0.4 is 5.32 Å². The topological polar surface area (TPSA) is 67.4 Å². The molecule has 3 atom stereocenters. The molecule has 1 aliphatic rings. The van der Waals surface area contributed by atoms with Gasteiger partial charge in [0.1, 0.15) is 5.69 Å². The van der Waals surface area contributed by atoms with Crippen molar-refractivity contribution in [3.8, 4) is 0 Å². The Balaban J connectivity index is 1.83. The maximum atomic E-state index is 11.9. The lowest BCUT2D eigenvalue weighted by Gasteiger charge is -2.38. The van der Waals surface area contributed by atoms with Crippen molar-refractivity contribution in [2.75, 3.05) is 19.6 Å². The first-order valence-electron chi connectivity index (χ1n) is 7.00. The van der Waals surface area contributed by atoms with Crippen LogP contribution in [0.2, 0.25) is 0 Å². The van der Waals surface area contributed by atoms with Crippen LogP contribution in [0.4, 0.5) is 0 Å². The number of nitrogens with zero attached hydrogens (tertiary/aromatic N) is 3. The van der Waals surface area contributed by atoms with E-state index in [1.165, 1.54) is 12.4 Å². The Labute approximate surface area is 119 Å². The highest BCUT2D eigenvalue weighted by molar-refractivity contribution is 5.91. The molecule has 2 heterocycles. The lowest BCUT2D eigenvalue weighted by molar-refractivity contribution is -0.0778. The van der Waals surface area contributed by atoms with Crippen LogP contribution in [-0.2, 0) is 4.74 Å². The van der Waals surface area contributed by atoms with Gasteiger partial charge >= 0.3 is 0 Å². The summed E-state index contributed by atoms with van der Waals surface area (Å²) in [7, 11) is 0. The van der Waals surface area contributed by atoms with Gasteiger partial charge < -0.3 is 10.1 Å². The number of carbonyl (C=O) groups excluding carboxylic acids is 1. The molecule has 1 N–H and O–H groups in total. The minimum absolute atomic E-state index is 0.181. The molecule has 1 amide bonds. The number of nitrogens with one attached hydrogen (secondary N) is 1. The van der Waals surface area contributed by atoms with Gasteiger partial charge in [0.15, 0.2) is 0 Å². The highest BCUT2D eigenvalue weighted by Gasteiger charge is 2.25. The summed E-state index contributed by atoms with van der Waals surface area (Å²) in [5.41, 5.74) is 0.350. The van der Waals surface area contributed by atoms with Crippen molar-refractivity contribution in [2.24, 2.45) is 0 Å². The van der Waals surface area contributed by atoms with Crippen molar-refractivity contribution in [1.82, 2.24) is 20.2 Å². The Kier molecular flexibility index (Phi) is 5.03. The molecule has 0 spiro atoms. The monoisotopic (exact) mass is 278 g/mol. The predicted molar refractivity (Wildman–Crippen MR) is 75.4 cm³/mol. The molecule has 6 heteroatoms. The highest BCUT2D eigenvalue weighted by atomic mass is 16.5. The number of ether oxygens (including phenoxy) is 1. The Bertz CT molecular complexity index is 430. The zero-order chi connectivity index (χ0) is 14.5. The van der Waals surface area contributed by atoms with E-state index in [1.54, 1.807) is 6.20 Å². The fraction of sp³-hybridized carbons (Fsp3) is 0.643. The van der Waals surface area contributed by atoms with Gasteiger partial charge in [-0.1, -0.05) is 0 Å². The number of aromatic nitrogens is 2. The fourth-order valence-electron chi connectivity index (χ4n) is 2.45. The van der Waals surface area contributed by atoms with E-state index in [2.05, 4.69) is 41.0 Å². The molecule has 6 nitrogen and oxygen atoms in total. The summed E-state index contributed by atoms with van der Waals surface area (Å²) in [5, 5.41) is 2.90. The van der Waals surface area contributed by atoms with E-state index >= 15 is 0 Å². The first kappa shape index (κ1) is 14.9. The van der Waals surface area contributed by atoms with Gasteiger partial charge in [-0.15, -0.1) is 0 Å². The molecule has 0 bridgehead atoms. The summed E-state index contributed by atoms with van der Waals surface area (Å²) in [6.45, 7) is 8.65. The van der Waals surface area contributed by atoms with E-state index in [4.69, 9.17) is 4.74 Å². The quantitative estimate of drug-likeness (QED) is 0.878. The van der Waals surface area contributed by atoms with Crippen molar-refractivity contribution in [3.05, 3.63) is 24.3 Å². The van der Waals surface area contributed by atoms with Crippen LogP contribution in [0.5, 0.6) is 0 Å². The third-order valence-electron chi connectivity index (χ3n) is 3.43. The molecule has 0 saturated carbocycles. The van der Waals surface area contributed by atoms with Crippen LogP contribution in [0, 0.1) is 0 Å². The SMILES string of the molecule is C[C@@H]1CN([C@H](C)CNC(=O)c2cnccn2)C[C@H](C)O1. The van der Waals surface area contributed by atoms with Gasteiger partial charge in [0, 0.05) is 38.1 Å². The first-order valence-corrected chi connectivity index (χ1v) is 7.00. The van der Waals surface area contributed by atoms with Crippen LogP contribution in [0.1, 0.15) is 31.3 Å². The summed E-state index contributed by atoms with van der Waals surface area (Å²) >= 11 is 0. The second-order valence-electron chi connectivity index (χ2n) is 5.36. The Morgan fingerprint density at radius 2 is 2.15 bits per heavy atom. The lowest BCUT2D eigenvalue weighted by Crippen LogP contribution is -2.52. The zero-order valence-corrected chi connectivity index (χ0v) is 12.2. The van der Waals surface area contributed by atoms with Gasteiger partial charge in [-0.2, -0.15) is 0 Å². The molecule has 1 fully saturated rings. The van der Waals surface area contributed by atoms with E-state index in [0.717, 1.165) is 13.1 Å².